The maximum Gasteiger partial charge on any atom is 0.137 e. The van der Waals surface area contributed by atoms with Gasteiger partial charge in [-0.15, -0.1) is 0 Å². The summed E-state index contributed by atoms with van der Waals surface area (Å²) in [5.41, 5.74) is 1.27. The quantitative estimate of drug-likeness (QED) is 0.791. The first kappa shape index (κ1) is 11.4. The zero-order chi connectivity index (χ0) is 11.2. The summed E-state index contributed by atoms with van der Waals surface area (Å²) in [6.45, 7) is 7.94. The average Bonchev–Trinajstić information content (AvgIpc) is 2.33. The highest BCUT2D eigenvalue weighted by atomic mass is 16.5. The minimum absolute atomic E-state index is 0.790. The number of hydrogen-bond acceptors (Lipinski definition) is 2. The van der Waals surface area contributed by atoms with Crippen LogP contribution in [0.25, 0.3) is 0 Å². The van der Waals surface area contributed by atoms with Crippen molar-refractivity contribution in [3.05, 3.63) is 29.8 Å². The van der Waals surface area contributed by atoms with Gasteiger partial charge in [0.05, 0.1) is 13.2 Å². The Bertz CT molecular complexity index is 304. The van der Waals surface area contributed by atoms with Gasteiger partial charge in [-0.25, -0.2) is 0 Å². The van der Waals surface area contributed by atoms with Gasteiger partial charge in [0.1, 0.15) is 32.0 Å². The van der Waals surface area contributed by atoms with E-state index in [1.165, 1.54) is 5.56 Å². The van der Waals surface area contributed by atoms with Gasteiger partial charge in [0.25, 0.3) is 0 Å². The normalized spacial score (nSPS) is 17.3. The Morgan fingerprint density at radius 1 is 1.19 bits per heavy atom. The van der Waals surface area contributed by atoms with Crippen molar-refractivity contribution in [2.45, 2.75) is 6.92 Å². The second-order valence-corrected chi connectivity index (χ2v) is 4.27. The summed E-state index contributed by atoms with van der Waals surface area (Å²) >= 11 is 0. The van der Waals surface area contributed by atoms with Gasteiger partial charge in [0.2, 0.25) is 0 Å². The summed E-state index contributed by atoms with van der Waals surface area (Å²) in [4.78, 5) is 1.58. The molecule has 0 unspecified atom stereocenters. The van der Waals surface area contributed by atoms with E-state index in [9.17, 15) is 0 Å². The highest BCUT2D eigenvalue weighted by Crippen LogP contribution is 2.10. The zero-order valence-corrected chi connectivity index (χ0v) is 9.87. The smallest absolute Gasteiger partial charge is 0.137 e. The van der Waals surface area contributed by atoms with Gasteiger partial charge in [0, 0.05) is 0 Å². The molecule has 0 aromatic heterocycles. The fourth-order valence-corrected chi connectivity index (χ4v) is 1.86. The molecule has 3 nitrogen and oxygen atoms in total. The van der Waals surface area contributed by atoms with E-state index in [0.717, 1.165) is 45.2 Å². The molecule has 1 N–H and O–H groups in total. The number of aryl methyl sites for hydroxylation is 1. The van der Waals surface area contributed by atoms with Gasteiger partial charge in [-0.05, 0) is 19.1 Å². The number of rotatable bonds is 4. The maximum absolute atomic E-state index is 5.70. The van der Waals surface area contributed by atoms with Crippen molar-refractivity contribution >= 4 is 0 Å². The summed E-state index contributed by atoms with van der Waals surface area (Å²) in [7, 11) is 0. The monoisotopic (exact) mass is 222 g/mol. The van der Waals surface area contributed by atoms with Crippen LogP contribution in [0.4, 0.5) is 0 Å². The minimum atomic E-state index is 0.790. The molecule has 1 heterocycles. The Morgan fingerprint density at radius 2 is 1.88 bits per heavy atom. The lowest BCUT2D eigenvalue weighted by atomic mass is 10.2. The third-order valence-electron chi connectivity index (χ3n) is 2.95. The van der Waals surface area contributed by atoms with Crippen molar-refractivity contribution in [2.24, 2.45) is 0 Å². The fourth-order valence-electron chi connectivity index (χ4n) is 1.86. The Labute approximate surface area is 97.0 Å². The Kier molecular flexibility index (Phi) is 4.19. The van der Waals surface area contributed by atoms with Crippen LogP contribution >= 0.6 is 0 Å². The predicted octanol–water partition coefficient (Wildman–Crippen LogP) is 0.289. The molecule has 3 heteroatoms. The van der Waals surface area contributed by atoms with E-state index in [2.05, 4.69) is 19.1 Å². The van der Waals surface area contributed by atoms with Crippen molar-refractivity contribution in [1.82, 2.24) is 0 Å². The third-order valence-corrected chi connectivity index (χ3v) is 2.95. The highest BCUT2D eigenvalue weighted by Gasteiger charge is 2.12. The van der Waals surface area contributed by atoms with Crippen LogP contribution in [0, 0.1) is 6.92 Å². The SMILES string of the molecule is Cc1ccc(OCC[NH+]2CCOCC2)cc1. The molecule has 1 aliphatic rings. The molecule has 1 fully saturated rings. The molecule has 16 heavy (non-hydrogen) atoms. The Morgan fingerprint density at radius 3 is 2.56 bits per heavy atom. The molecule has 1 aromatic rings. The molecule has 0 bridgehead atoms. The van der Waals surface area contributed by atoms with Gasteiger partial charge < -0.3 is 14.4 Å². The summed E-state index contributed by atoms with van der Waals surface area (Å²) < 4.78 is 11.0. The number of ether oxygens (including phenoxy) is 2. The number of nitrogens with one attached hydrogen (secondary N) is 1. The van der Waals surface area contributed by atoms with Crippen LogP contribution in [0.2, 0.25) is 0 Å². The van der Waals surface area contributed by atoms with Crippen LogP contribution in [-0.2, 0) is 4.74 Å². The van der Waals surface area contributed by atoms with Crippen molar-refractivity contribution in [3.8, 4) is 5.75 Å². The van der Waals surface area contributed by atoms with Gasteiger partial charge in [-0.1, -0.05) is 17.7 Å². The molecular weight excluding hydrogens is 202 g/mol. The molecule has 1 saturated heterocycles. The lowest BCUT2D eigenvalue weighted by Crippen LogP contribution is -3.14. The van der Waals surface area contributed by atoms with E-state index in [-0.39, 0.29) is 0 Å². The van der Waals surface area contributed by atoms with Crippen LogP contribution in [0.1, 0.15) is 5.56 Å². The topological polar surface area (TPSA) is 22.9 Å². The van der Waals surface area contributed by atoms with Gasteiger partial charge in [0.15, 0.2) is 0 Å². The Balaban J connectivity index is 1.69. The van der Waals surface area contributed by atoms with Crippen LogP contribution in [-0.4, -0.2) is 39.5 Å². The van der Waals surface area contributed by atoms with Crippen molar-refractivity contribution in [2.75, 3.05) is 39.5 Å². The van der Waals surface area contributed by atoms with E-state index in [1.54, 1.807) is 4.90 Å². The van der Waals surface area contributed by atoms with Crippen molar-refractivity contribution in [3.63, 3.8) is 0 Å². The third kappa shape index (κ3) is 3.51. The number of morpholine rings is 1. The van der Waals surface area contributed by atoms with Crippen LogP contribution < -0.4 is 9.64 Å². The Hall–Kier alpha value is -1.06. The zero-order valence-electron chi connectivity index (χ0n) is 9.87. The fraction of sp³-hybridized carbons (Fsp3) is 0.538. The lowest BCUT2D eigenvalue weighted by molar-refractivity contribution is -0.908. The molecule has 0 saturated carbocycles. The maximum atomic E-state index is 5.70. The molecule has 0 aliphatic carbocycles. The number of hydrogen-bond donors (Lipinski definition) is 1. The van der Waals surface area contributed by atoms with E-state index < -0.39 is 0 Å². The first-order valence-electron chi connectivity index (χ1n) is 5.95. The summed E-state index contributed by atoms with van der Waals surface area (Å²) in [5, 5.41) is 0. The van der Waals surface area contributed by atoms with Gasteiger partial charge in [-0.2, -0.15) is 0 Å². The van der Waals surface area contributed by atoms with Gasteiger partial charge >= 0.3 is 0 Å². The number of benzene rings is 1. The molecular formula is C13H20NO2+. The molecule has 0 radical (unpaired) electrons. The standard InChI is InChI=1S/C13H19NO2/c1-12-2-4-13(5-3-12)16-11-8-14-6-9-15-10-7-14/h2-5H,6-11H2,1H3/p+1. The highest BCUT2D eigenvalue weighted by molar-refractivity contribution is 5.26. The summed E-state index contributed by atoms with van der Waals surface area (Å²) in [6.07, 6.45) is 0. The molecule has 1 aliphatic heterocycles. The number of quaternary nitrogens is 1. The molecule has 0 spiro atoms. The minimum Gasteiger partial charge on any atom is -0.488 e. The van der Waals surface area contributed by atoms with E-state index in [0.29, 0.717) is 0 Å². The van der Waals surface area contributed by atoms with E-state index in [1.807, 2.05) is 12.1 Å². The van der Waals surface area contributed by atoms with E-state index in [4.69, 9.17) is 9.47 Å². The second kappa shape index (κ2) is 5.87. The molecule has 0 amide bonds. The van der Waals surface area contributed by atoms with Crippen LogP contribution in [0.15, 0.2) is 24.3 Å². The predicted molar refractivity (Wildman–Crippen MR) is 63.1 cm³/mol. The molecule has 0 atom stereocenters. The second-order valence-electron chi connectivity index (χ2n) is 4.27. The average molecular weight is 222 g/mol. The summed E-state index contributed by atoms with van der Waals surface area (Å²) in [5.74, 6) is 0.971. The van der Waals surface area contributed by atoms with Gasteiger partial charge in [-0.3, -0.25) is 0 Å². The van der Waals surface area contributed by atoms with Crippen molar-refractivity contribution < 1.29 is 14.4 Å². The summed E-state index contributed by atoms with van der Waals surface area (Å²) in [6, 6.07) is 8.22. The molecule has 2 rings (SSSR count). The molecule has 88 valence electrons. The van der Waals surface area contributed by atoms with Crippen molar-refractivity contribution in [1.29, 1.82) is 0 Å². The van der Waals surface area contributed by atoms with Crippen LogP contribution in [0.5, 0.6) is 5.75 Å². The first-order chi connectivity index (χ1) is 7.84. The van der Waals surface area contributed by atoms with Crippen LogP contribution in [0.3, 0.4) is 0 Å². The largest absolute Gasteiger partial charge is 0.488 e. The van der Waals surface area contributed by atoms with E-state index >= 15 is 0 Å². The lowest BCUT2D eigenvalue weighted by Gasteiger charge is -2.23. The molecule has 1 aromatic carbocycles. The first-order valence-corrected chi connectivity index (χ1v) is 5.95.